The van der Waals surface area contributed by atoms with Gasteiger partial charge in [0.2, 0.25) is 0 Å². The molecule has 1 saturated heterocycles. The Morgan fingerprint density at radius 1 is 1.17 bits per heavy atom. The van der Waals surface area contributed by atoms with E-state index in [1.807, 2.05) is 0 Å². The second-order valence-corrected chi connectivity index (χ2v) is 5.72. The zero-order valence-electron chi connectivity index (χ0n) is 13.9. The first-order chi connectivity index (χ1) is 11.1. The summed E-state index contributed by atoms with van der Waals surface area (Å²) in [4.78, 5) is 16.0. The molecule has 1 aromatic rings. The fourth-order valence-electron chi connectivity index (χ4n) is 2.64. The number of rotatable bonds is 7. The number of carbonyl (C=O) groups is 1. The molecule has 1 N–H and O–H groups in total. The number of benzene rings is 1. The Hall–Kier alpha value is -1.63. The first-order valence-corrected chi connectivity index (χ1v) is 8.06. The standard InChI is InChI=1S/C17H26N2O4/c1-3-18-8-10-19(11-9-18)12-15(20)13-23-16-6-4-14(5-7-16)17(21)22-2/h4-7,15,20H,3,8-13H2,1-2H3/t15-/m0/s1. The van der Waals surface area contributed by atoms with E-state index < -0.39 is 6.10 Å². The van der Waals surface area contributed by atoms with E-state index >= 15 is 0 Å². The number of aliphatic hydroxyl groups is 1. The van der Waals surface area contributed by atoms with E-state index in [1.54, 1.807) is 24.3 Å². The molecule has 0 aliphatic carbocycles. The molecule has 1 atom stereocenters. The third-order valence-electron chi connectivity index (χ3n) is 4.10. The summed E-state index contributed by atoms with van der Waals surface area (Å²) in [5.74, 6) is 0.260. The van der Waals surface area contributed by atoms with E-state index in [0.717, 1.165) is 32.7 Å². The van der Waals surface area contributed by atoms with Gasteiger partial charge in [0.1, 0.15) is 18.5 Å². The molecule has 0 amide bonds. The summed E-state index contributed by atoms with van der Waals surface area (Å²) >= 11 is 0. The van der Waals surface area contributed by atoms with Crippen LogP contribution in [-0.2, 0) is 4.74 Å². The van der Waals surface area contributed by atoms with Crippen LogP contribution in [0.25, 0.3) is 0 Å². The summed E-state index contributed by atoms with van der Waals surface area (Å²) in [6.07, 6.45) is -0.525. The fourth-order valence-corrected chi connectivity index (χ4v) is 2.64. The van der Waals surface area contributed by atoms with Gasteiger partial charge in [-0.2, -0.15) is 0 Å². The molecule has 128 valence electrons. The summed E-state index contributed by atoms with van der Waals surface area (Å²) in [7, 11) is 1.35. The lowest BCUT2D eigenvalue weighted by molar-refractivity contribution is 0.0470. The van der Waals surface area contributed by atoms with Gasteiger partial charge in [-0.25, -0.2) is 4.79 Å². The number of hydrogen-bond donors (Lipinski definition) is 1. The normalized spacial score (nSPS) is 17.7. The van der Waals surface area contributed by atoms with Crippen LogP contribution in [0.3, 0.4) is 0 Å². The van der Waals surface area contributed by atoms with Gasteiger partial charge in [0.25, 0.3) is 0 Å². The van der Waals surface area contributed by atoms with Crippen molar-refractivity contribution in [3.63, 3.8) is 0 Å². The largest absolute Gasteiger partial charge is 0.491 e. The number of methoxy groups -OCH3 is 1. The van der Waals surface area contributed by atoms with Crippen molar-refractivity contribution in [2.45, 2.75) is 13.0 Å². The molecular weight excluding hydrogens is 296 g/mol. The van der Waals surface area contributed by atoms with Gasteiger partial charge in [0.05, 0.1) is 12.7 Å². The highest BCUT2D eigenvalue weighted by Crippen LogP contribution is 2.13. The van der Waals surface area contributed by atoms with E-state index in [4.69, 9.17) is 4.74 Å². The Morgan fingerprint density at radius 3 is 2.35 bits per heavy atom. The highest BCUT2D eigenvalue weighted by molar-refractivity contribution is 5.89. The quantitative estimate of drug-likeness (QED) is 0.751. The number of nitrogens with zero attached hydrogens (tertiary/aromatic N) is 2. The molecule has 1 aromatic carbocycles. The minimum atomic E-state index is -0.525. The third kappa shape index (κ3) is 5.49. The van der Waals surface area contributed by atoms with E-state index in [0.29, 0.717) is 17.9 Å². The summed E-state index contributed by atoms with van der Waals surface area (Å²) in [6.45, 7) is 8.20. The Labute approximate surface area is 137 Å². The van der Waals surface area contributed by atoms with Crippen LogP contribution in [0.1, 0.15) is 17.3 Å². The molecule has 1 heterocycles. The first-order valence-electron chi connectivity index (χ1n) is 8.06. The van der Waals surface area contributed by atoms with Gasteiger partial charge in [0.15, 0.2) is 0 Å². The molecule has 1 aliphatic heterocycles. The van der Waals surface area contributed by atoms with Crippen LogP contribution in [0.2, 0.25) is 0 Å². The van der Waals surface area contributed by atoms with E-state index in [1.165, 1.54) is 7.11 Å². The van der Waals surface area contributed by atoms with Gasteiger partial charge in [0, 0.05) is 32.7 Å². The minimum Gasteiger partial charge on any atom is -0.491 e. The molecule has 1 aliphatic rings. The molecule has 0 unspecified atom stereocenters. The topological polar surface area (TPSA) is 62.2 Å². The zero-order valence-corrected chi connectivity index (χ0v) is 13.9. The molecule has 0 radical (unpaired) electrons. The van der Waals surface area contributed by atoms with Crippen molar-refractivity contribution in [3.8, 4) is 5.75 Å². The lowest BCUT2D eigenvalue weighted by atomic mass is 10.2. The number of ether oxygens (including phenoxy) is 2. The Morgan fingerprint density at radius 2 is 1.78 bits per heavy atom. The van der Waals surface area contributed by atoms with Gasteiger partial charge in [-0.15, -0.1) is 0 Å². The maximum Gasteiger partial charge on any atom is 0.337 e. The number of likely N-dealkylation sites (N-methyl/N-ethyl adjacent to an activating group) is 1. The maximum absolute atomic E-state index is 11.3. The number of aliphatic hydroxyl groups excluding tert-OH is 1. The predicted octanol–water partition coefficient (Wildman–Crippen LogP) is 0.850. The molecule has 6 heteroatoms. The Balaban J connectivity index is 1.72. The lowest BCUT2D eigenvalue weighted by Crippen LogP contribution is -2.49. The second-order valence-electron chi connectivity index (χ2n) is 5.72. The average Bonchev–Trinajstić information content (AvgIpc) is 2.60. The lowest BCUT2D eigenvalue weighted by Gasteiger charge is -2.34. The van der Waals surface area contributed by atoms with Crippen LogP contribution in [0, 0.1) is 0 Å². The van der Waals surface area contributed by atoms with Crippen molar-refractivity contribution in [2.24, 2.45) is 0 Å². The molecule has 0 spiro atoms. The highest BCUT2D eigenvalue weighted by Gasteiger charge is 2.18. The number of carbonyl (C=O) groups excluding carboxylic acids is 1. The van der Waals surface area contributed by atoms with Gasteiger partial charge in [-0.1, -0.05) is 6.92 Å². The summed E-state index contributed by atoms with van der Waals surface area (Å²) < 4.78 is 10.2. The van der Waals surface area contributed by atoms with Crippen LogP contribution >= 0.6 is 0 Å². The van der Waals surface area contributed by atoms with E-state index in [2.05, 4.69) is 21.5 Å². The summed E-state index contributed by atoms with van der Waals surface area (Å²) in [6, 6.07) is 6.72. The third-order valence-corrected chi connectivity index (χ3v) is 4.10. The van der Waals surface area contributed by atoms with Crippen molar-refractivity contribution in [1.82, 2.24) is 9.80 Å². The van der Waals surface area contributed by atoms with Crippen molar-refractivity contribution in [2.75, 3.05) is 53.0 Å². The summed E-state index contributed by atoms with van der Waals surface area (Å²) in [5, 5.41) is 10.1. The smallest absolute Gasteiger partial charge is 0.337 e. The number of β-amino-alcohol motifs (C(OH)–C–C–N with tert-alkyl or cyclic N) is 1. The zero-order chi connectivity index (χ0) is 16.7. The molecule has 2 rings (SSSR count). The van der Waals surface area contributed by atoms with Gasteiger partial charge >= 0.3 is 5.97 Å². The first kappa shape index (κ1) is 17.7. The van der Waals surface area contributed by atoms with Crippen LogP contribution in [0.5, 0.6) is 5.75 Å². The number of esters is 1. The van der Waals surface area contributed by atoms with Gasteiger partial charge in [-0.05, 0) is 30.8 Å². The predicted molar refractivity (Wildman–Crippen MR) is 87.8 cm³/mol. The van der Waals surface area contributed by atoms with Crippen molar-refractivity contribution in [3.05, 3.63) is 29.8 Å². The van der Waals surface area contributed by atoms with Crippen LogP contribution in [0.4, 0.5) is 0 Å². The van der Waals surface area contributed by atoms with Crippen molar-refractivity contribution in [1.29, 1.82) is 0 Å². The Bertz CT molecular complexity index is 484. The van der Waals surface area contributed by atoms with Gasteiger partial charge in [-0.3, -0.25) is 4.90 Å². The highest BCUT2D eigenvalue weighted by atomic mass is 16.5. The van der Waals surface area contributed by atoms with Crippen molar-refractivity contribution < 1.29 is 19.4 Å². The molecule has 0 saturated carbocycles. The monoisotopic (exact) mass is 322 g/mol. The molecule has 0 bridgehead atoms. The maximum atomic E-state index is 11.3. The van der Waals surface area contributed by atoms with Crippen LogP contribution in [-0.4, -0.2) is 80.0 Å². The van der Waals surface area contributed by atoms with E-state index in [-0.39, 0.29) is 12.6 Å². The molecule has 0 aromatic heterocycles. The molecule has 6 nitrogen and oxygen atoms in total. The molecular formula is C17H26N2O4. The van der Waals surface area contributed by atoms with Crippen molar-refractivity contribution >= 4 is 5.97 Å². The number of piperazine rings is 1. The molecule has 23 heavy (non-hydrogen) atoms. The van der Waals surface area contributed by atoms with Crippen LogP contribution < -0.4 is 4.74 Å². The Kier molecular flexibility index (Phi) is 6.83. The van der Waals surface area contributed by atoms with Gasteiger partial charge < -0.3 is 19.5 Å². The van der Waals surface area contributed by atoms with Crippen LogP contribution in [0.15, 0.2) is 24.3 Å². The average molecular weight is 322 g/mol. The number of hydrogen-bond acceptors (Lipinski definition) is 6. The minimum absolute atomic E-state index is 0.242. The summed E-state index contributed by atoms with van der Waals surface area (Å²) in [5.41, 5.74) is 0.481. The SMILES string of the molecule is CCN1CCN(C[C@H](O)COc2ccc(C(=O)OC)cc2)CC1. The van der Waals surface area contributed by atoms with E-state index in [9.17, 15) is 9.90 Å². The second kappa shape index (κ2) is 8.86. The fraction of sp³-hybridized carbons (Fsp3) is 0.588. The molecule has 1 fully saturated rings.